The third-order valence-corrected chi connectivity index (χ3v) is 5.98. The number of hydrogen-bond acceptors (Lipinski definition) is 9. The lowest BCUT2D eigenvalue weighted by Gasteiger charge is -2.20. The first-order valence-electron chi connectivity index (χ1n) is 6.18. The quantitative estimate of drug-likeness (QED) is 0.457. The standard InChI is InChI=1S/C12H11N3O4S3/c1-20-11-13-14-12(22-11)21-5-8-3-9(15(16)17)2-7-4-18-6-19-10(7)8/h2-3H,4-6H2,1H3. The van der Waals surface area contributed by atoms with Crippen molar-refractivity contribution >= 4 is 40.5 Å². The van der Waals surface area contributed by atoms with E-state index in [2.05, 4.69) is 10.2 Å². The van der Waals surface area contributed by atoms with Gasteiger partial charge in [0.05, 0.1) is 11.5 Å². The van der Waals surface area contributed by atoms with Crippen molar-refractivity contribution in [1.82, 2.24) is 10.2 Å². The Bertz CT molecular complexity index is 707. The van der Waals surface area contributed by atoms with E-state index in [9.17, 15) is 10.1 Å². The fourth-order valence-corrected chi connectivity index (χ4v) is 4.38. The maximum Gasteiger partial charge on any atom is 0.270 e. The summed E-state index contributed by atoms with van der Waals surface area (Å²) in [6, 6.07) is 3.05. The van der Waals surface area contributed by atoms with Gasteiger partial charge in [0, 0.05) is 29.0 Å². The minimum Gasteiger partial charge on any atom is -0.467 e. The van der Waals surface area contributed by atoms with Crippen molar-refractivity contribution in [3.8, 4) is 5.75 Å². The molecule has 0 atom stereocenters. The Morgan fingerprint density at radius 3 is 2.95 bits per heavy atom. The lowest BCUT2D eigenvalue weighted by molar-refractivity contribution is -0.385. The molecule has 116 valence electrons. The predicted molar refractivity (Wildman–Crippen MR) is 84.6 cm³/mol. The van der Waals surface area contributed by atoms with Crippen LogP contribution in [-0.2, 0) is 17.1 Å². The molecule has 0 N–H and O–H groups in total. The summed E-state index contributed by atoms with van der Waals surface area (Å²) < 4.78 is 12.4. The maximum absolute atomic E-state index is 11.0. The van der Waals surface area contributed by atoms with Crippen molar-refractivity contribution in [2.24, 2.45) is 0 Å². The van der Waals surface area contributed by atoms with E-state index in [0.717, 1.165) is 14.2 Å². The molecule has 1 aromatic heterocycles. The number of benzene rings is 1. The summed E-state index contributed by atoms with van der Waals surface area (Å²) in [4.78, 5) is 10.6. The van der Waals surface area contributed by atoms with Crippen molar-refractivity contribution in [2.75, 3.05) is 13.0 Å². The highest BCUT2D eigenvalue weighted by Gasteiger charge is 2.21. The highest BCUT2D eigenvalue weighted by molar-refractivity contribution is 8.02. The molecule has 22 heavy (non-hydrogen) atoms. The van der Waals surface area contributed by atoms with Gasteiger partial charge in [-0.3, -0.25) is 10.1 Å². The van der Waals surface area contributed by atoms with E-state index in [1.807, 2.05) is 6.26 Å². The highest BCUT2D eigenvalue weighted by Crippen LogP contribution is 2.37. The number of ether oxygens (including phenoxy) is 2. The Morgan fingerprint density at radius 1 is 1.41 bits per heavy atom. The minimum absolute atomic E-state index is 0.0468. The number of hydrogen-bond donors (Lipinski definition) is 0. The monoisotopic (exact) mass is 357 g/mol. The summed E-state index contributed by atoms with van der Waals surface area (Å²) in [6.07, 6.45) is 1.94. The van der Waals surface area contributed by atoms with Crippen LogP contribution in [-0.4, -0.2) is 28.2 Å². The first-order chi connectivity index (χ1) is 10.7. The van der Waals surface area contributed by atoms with Gasteiger partial charge in [0.15, 0.2) is 15.5 Å². The highest BCUT2D eigenvalue weighted by atomic mass is 32.2. The third kappa shape index (κ3) is 3.35. The fraction of sp³-hybridized carbons (Fsp3) is 0.333. The molecule has 1 aliphatic heterocycles. The van der Waals surface area contributed by atoms with Crippen LogP contribution in [0.3, 0.4) is 0 Å². The third-order valence-electron chi connectivity index (χ3n) is 2.90. The Labute approximate surface area is 138 Å². The molecular weight excluding hydrogens is 346 g/mol. The topological polar surface area (TPSA) is 87.4 Å². The van der Waals surface area contributed by atoms with Crippen LogP contribution in [0.1, 0.15) is 11.1 Å². The molecule has 0 saturated carbocycles. The number of nitrogens with zero attached hydrogens (tertiary/aromatic N) is 3. The van der Waals surface area contributed by atoms with Crippen LogP contribution < -0.4 is 4.74 Å². The number of thioether (sulfide) groups is 2. The average molecular weight is 357 g/mol. The van der Waals surface area contributed by atoms with E-state index >= 15 is 0 Å². The molecule has 0 bridgehead atoms. The molecule has 2 aromatic rings. The molecule has 10 heteroatoms. The minimum atomic E-state index is -0.403. The lowest BCUT2D eigenvalue weighted by Crippen LogP contribution is -2.13. The molecule has 2 heterocycles. The second kappa shape index (κ2) is 6.82. The van der Waals surface area contributed by atoms with Gasteiger partial charge in [0.2, 0.25) is 0 Å². The zero-order valence-electron chi connectivity index (χ0n) is 11.5. The van der Waals surface area contributed by atoms with Crippen molar-refractivity contribution in [2.45, 2.75) is 21.0 Å². The predicted octanol–water partition coefficient (Wildman–Crippen LogP) is 3.33. The van der Waals surface area contributed by atoms with Crippen LogP contribution in [0.2, 0.25) is 0 Å². The van der Waals surface area contributed by atoms with Crippen LogP contribution in [0.15, 0.2) is 20.8 Å². The first-order valence-corrected chi connectivity index (χ1v) is 9.21. The summed E-state index contributed by atoms with van der Waals surface area (Å²) in [7, 11) is 0. The number of nitro groups is 1. The molecule has 7 nitrogen and oxygen atoms in total. The van der Waals surface area contributed by atoms with E-state index in [-0.39, 0.29) is 12.5 Å². The molecule has 1 aliphatic rings. The van der Waals surface area contributed by atoms with Gasteiger partial charge >= 0.3 is 0 Å². The van der Waals surface area contributed by atoms with Gasteiger partial charge in [0.1, 0.15) is 5.75 Å². The van der Waals surface area contributed by atoms with Crippen LogP contribution in [0.25, 0.3) is 0 Å². The number of nitro benzene ring substituents is 1. The number of rotatable bonds is 5. The van der Waals surface area contributed by atoms with Gasteiger partial charge in [-0.05, 0) is 6.26 Å². The van der Waals surface area contributed by atoms with Gasteiger partial charge < -0.3 is 9.47 Å². The molecule has 0 amide bonds. The maximum atomic E-state index is 11.0. The van der Waals surface area contributed by atoms with E-state index in [0.29, 0.717) is 23.7 Å². The van der Waals surface area contributed by atoms with E-state index in [4.69, 9.17) is 9.47 Å². The molecule has 0 aliphatic carbocycles. The summed E-state index contributed by atoms with van der Waals surface area (Å²) in [5.74, 6) is 1.21. The Balaban J connectivity index is 1.84. The molecule has 0 spiro atoms. The van der Waals surface area contributed by atoms with Gasteiger partial charge in [0.25, 0.3) is 5.69 Å². The first kappa shape index (κ1) is 15.5. The largest absolute Gasteiger partial charge is 0.467 e. The van der Waals surface area contributed by atoms with Gasteiger partial charge in [-0.1, -0.05) is 34.9 Å². The van der Waals surface area contributed by atoms with E-state index in [1.54, 1.807) is 17.8 Å². The Hall–Kier alpha value is -1.36. The second-order valence-electron chi connectivity index (χ2n) is 4.29. The summed E-state index contributed by atoms with van der Waals surface area (Å²) in [5.41, 5.74) is 1.53. The zero-order valence-corrected chi connectivity index (χ0v) is 13.9. The molecule has 1 aromatic carbocycles. The van der Waals surface area contributed by atoms with Crippen molar-refractivity contribution in [1.29, 1.82) is 0 Å². The molecular formula is C12H11N3O4S3. The Kier molecular flexibility index (Phi) is 4.81. The number of aromatic nitrogens is 2. The van der Waals surface area contributed by atoms with Crippen molar-refractivity contribution in [3.63, 3.8) is 0 Å². The second-order valence-corrected chi connectivity index (χ2v) is 7.54. The molecule has 0 radical (unpaired) electrons. The normalized spacial score (nSPS) is 13.5. The molecule has 3 rings (SSSR count). The number of fused-ring (bicyclic) bond motifs is 1. The SMILES string of the molecule is CSc1nnc(SCc2cc([N+](=O)[O-])cc3c2OCOC3)s1. The molecule has 0 saturated heterocycles. The van der Waals surface area contributed by atoms with Gasteiger partial charge in [-0.25, -0.2) is 0 Å². The lowest BCUT2D eigenvalue weighted by atomic mass is 10.1. The number of non-ortho nitro benzene ring substituents is 1. The van der Waals surface area contributed by atoms with Crippen LogP contribution >= 0.6 is 34.9 Å². The van der Waals surface area contributed by atoms with Crippen LogP contribution in [0.5, 0.6) is 5.75 Å². The fourth-order valence-electron chi connectivity index (χ4n) is 1.97. The van der Waals surface area contributed by atoms with Crippen LogP contribution in [0, 0.1) is 10.1 Å². The molecule has 0 fully saturated rings. The Morgan fingerprint density at radius 2 is 2.23 bits per heavy atom. The molecule has 0 unspecified atom stereocenters. The van der Waals surface area contributed by atoms with E-state index < -0.39 is 4.92 Å². The summed E-state index contributed by atoms with van der Waals surface area (Å²) in [5, 5.41) is 19.2. The average Bonchev–Trinajstić information content (AvgIpc) is 3.00. The van der Waals surface area contributed by atoms with Crippen molar-refractivity contribution < 1.29 is 14.4 Å². The zero-order chi connectivity index (χ0) is 15.5. The smallest absolute Gasteiger partial charge is 0.270 e. The van der Waals surface area contributed by atoms with Gasteiger partial charge in [-0.15, -0.1) is 10.2 Å². The van der Waals surface area contributed by atoms with Gasteiger partial charge in [-0.2, -0.15) is 0 Å². The summed E-state index contributed by atoms with van der Waals surface area (Å²) >= 11 is 4.54. The van der Waals surface area contributed by atoms with Crippen LogP contribution in [0.4, 0.5) is 5.69 Å². The summed E-state index contributed by atoms with van der Waals surface area (Å²) in [6.45, 7) is 0.488. The van der Waals surface area contributed by atoms with E-state index in [1.165, 1.54) is 29.2 Å². The van der Waals surface area contributed by atoms with Crippen molar-refractivity contribution in [3.05, 3.63) is 33.4 Å².